The Hall–Kier alpha value is -2.50. The van der Waals surface area contributed by atoms with E-state index < -0.39 is 0 Å². The Kier molecular flexibility index (Phi) is 5.04. The third kappa shape index (κ3) is 4.51. The van der Waals surface area contributed by atoms with E-state index in [0.717, 1.165) is 24.1 Å². The Morgan fingerprint density at radius 2 is 2.05 bits per heavy atom. The predicted molar refractivity (Wildman–Crippen MR) is 86.0 cm³/mol. The maximum atomic E-state index is 11.9. The van der Waals surface area contributed by atoms with Crippen LogP contribution in [0.4, 0.5) is 10.6 Å². The zero-order valence-electron chi connectivity index (χ0n) is 13.1. The Labute approximate surface area is 130 Å². The van der Waals surface area contributed by atoms with Crippen LogP contribution in [-0.4, -0.2) is 27.0 Å². The van der Waals surface area contributed by atoms with Gasteiger partial charge in [0, 0.05) is 19.2 Å². The van der Waals surface area contributed by atoms with Gasteiger partial charge < -0.3 is 10.4 Å². The SMILES string of the molecule is Cc1cc(NC(=O)N[C@@H](C)CCc2ccc(O)cc2)n(C)n1. The number of hydrogen-bond donors (Lipinski definition) is 3. The van der Waals surface area contributed by atoms with Crippen molar-refractivity contribution in [2.75, 3.05) is 5.32 Å². The molecule has 1 heterocycles. The molecule has 1 aromatic heterocycles. The van der Waals surface area contributed by atoms with Crippen molar-refractivity contribution in [3.05, 3.63) is 41.6 Å². The molecule has 2 rings (SSSR count). The quantitative estimate of drug-likeness (QED) is 0.794. The molecule has 1 atom stereocenters. The minimum absolute atomic E-state index is 0.0446. The van der Waals surface area contributed by atoms with Crippen molar-refractivity contribution < 1.29 is 9.90 Å². The first-order valence-electron chi connectivity index (χ1n) is 7.30. The van der Waals surface area contributed by atoms with Gasteiger partial charge in [-0.3, -0.25) is 10.00 Å². The number of rotatable bonds is 5. The van der Waals surface area contributed by atoms with E-state index in [0.29, 0.717) is 5.82 Å². The summed E-state index contributed by atoms with van der Waals surface area (Å²) in [6, 6.07) is 8.75. The van der Waals surface area contributed by atoms with Gasteiger partial charge in [0.05, 0.1) is 5.69 Å². The van der Waals surface area contributed by atoms with Crippen LogP contribution in [0.25, 0.3) is 0 Å². The monoisotopic (exact) mass is 302 g/mol. The topological polar surface area (TPSA) is 79.2 Å². The molecule has 118 valence electrons. The molecule has 2 aromatic rings. The number of hydrogen-bond acceptors (Lipinski definition) is 3. The molecule has 0 radical (unpaired) electrons. The molecule has 0 saturated heterocycles. The van der Waals surface area contributed by atoms with Gasteiger partial charge >= 0.3 is 6.03 Å². The van der Waals surface area contributed by atoms with Gasteiger partial charge in [0.2, 0.25) is 0 Å². The summed E-state index contributed by atoms with van der Waals surface area (Å²) in [5, 5.41) is 19.1. The fourth-order valence-electron chi connectivity index (χ4n) is 2.22. The van der Waals surface area contributed by atoms with Crippen molar-refractivity contribution in [1.29, 1.82) is 0 Å². The fraction of sp³-hybridized carbons (Fsp3) is 0.375. The van der Waals surface area contributed by atoms with Gasteiger partial charge in [-0.1, -0.05) is 12.1 Å². The second-order valence-corrected chi connectivity index (χ2v) is 5.50. The molecular formula is C16H22N4O2. The Bertz CT molecular complexity index is 634. The van der Waals surface area contributed by atoms with Crippen LogP contribution in [0.2, 0.25) is 0 Å². The van der Waals surface area contributed by atoms with Gasteiger partial charge in [-0.05, 0) is 44.4 Å². The molecule has 22 heavy (non-hydrogen) atoms. The molecule has 0 aliphatic carbocycles. The zero-order valence-corrected chi connectivity index (χ0v) is 13.1. The number of aryl methyl sites for hydroxylation is 3. The zero-order chi connectivity index (χ0) is 16.1. The summed E-state index contributed by atoms with van der Waals surface area (Å²) in [4.78, 5) is 11.9. The van der Waals surface area contributed by atoms with E-state index in [9.17, 15) is 9.90 Å². The number of phenolic OH excluding ortho intramolecular Hbond substituents is 1. The van der Waals surface area contributed by atoms with E-state index in [1.54, 1.807) is 23.9 Å². The van der Waals surface area contributed by atoms with Crippen molar-refractivity contribution in [2.24, 2.45) is 7.05 Å². The van der Waals surface area contributed by atoms with Gasteiger partial charge in [-0.25, -0.2) is 4.79 Å². The van der Waals surface area contributed by atoms with Crippen molar-refractivity contribution in [2.45, 2.75) is 32.7 Å². The van der Waals surface area contributed by atoms with Gasteiger partial charge in [0.15, 0.2) is 0 Å². The van der Waals surface area contributed by atoms with Crippen LogP contribution in [0.15, 0.2) is 30.3 Å². The van der Waals surface area contributed by atoms with Gasteiger partial charge in [0.25, 0.3) is 0 Å². The van der Waals surface area contributed by atoms with Crippen LogP contribution < -0.4 is 10.6 Å². The average Bonchev–Trinajstić information content (AvgIpc) is 2.76. The van der Waals surface area contributed by atoms with Crippen LogP contribution in [0, 0.1) is 6.92 Å². The van der Waals surface area contributed by atoms with Gasteiger partial charge in [-0.15, -0.1) is 0 Å². The molecular weight excluding hydrogens is 280 g/mol. The molecule has 6 heteroatoms. The number of anilines is 1. The van der Waals surface area contributed by atoms with Crippen LogP contribution in [-0.2, 0) is 13.5 Å². The number of carbonyl (C=O) groups is 1. The molecule has 6 nitrogen and oxygen atoms in total. The number of urea groups is 1. The third-order valence-corrected chi connectivity index (χ3v) is 3.42. The first kappa shape index (κ1) is 15.9. The van der Waals surface area contributed by atoms with Gasteiger partial charge in [0.1, 0.15) is 11.6 Å². The summed E-state index contributed by atoms with van der Waals surface area (Å²) in [7, 11) is 1.79. The number of nitrogens with zero attached hydrogens (tertiary/aromatic N) is 2. The minimum Gasteiger partial charge on any atom is -0.508 e. The standard InChI is InChI=1S/C16H22N4O2/c1-11(4-5-13-6-8-14(21)9-7-13)17-16(22)18-15-10-12(2)19-20(15)3/h6-11,21H,4-5H2,1-3H3,(H2,17,18,22)/t11-/m0/s1. The molecule has 0 unspecified atom stereocenters. The van der Waals surface area contributed by atoms with Crippen LogP contribution >= 0.6 is 0 Å². The maximum absolute atomic E-state index is 11.9. The molecule has 1 aromatic carbocycles. The van der Waals surface area contributed by atoms with Crippen molar-refractivity contribution in [3.63, 3.8) is 0 Å². The predicted octanol–water partition coefficient (Wildman–Crippen LogP) is 2.58. The smallest absolute Gasteiger partial charge is 0.320 e. The van der Waals surface area contributed by atoms with Crippen LogP contribution in [0.1, 0.15) is 24.6 Å². The number of aromatic hydroxyl groups is 1. The Morgan fingerprint density at radius 3 is 2.64 bits per heavy atom. The maximum Gasteiger partial charge on any atom is 0.320 e. The van der Waals surface area contributed by atoms with E-state index in [2.05, 4.69) is 15.7 Å². The van der Waals surface area contributed by atoms with Crippen LogP contribution in [0.3, 0.4) is 0 Å². The highest BCUT2D eigenvalue weighted by Crippen LogP contribution is 2.12. The summed E-state index contributed by atoms with van der Waals surface area (Å²) in [6.07, 6.45) is 1.66. The summed E-state index contributed by atoms with van der Waals surface area (Å²) < 4.78 is 1.63. The fourth-order valence-corrected chi connectivity index (χ4v) is 2.22. The molecule has 3 N–H and O–H groups in total. The number of carbonyl (C=O) groups excluding carboxylic acids is 1. The van der Waals surface area contributed by atoms with Crippen molar-refractivity contribution >= 4 is 11.8 Å². The molecule has 0 saturated carbocycles. The number of amides is 2. The lowest BCUT2D eigenvalue weighted by molar-refractivity contribution is 0.248. The summed E-state index contributed by atoms with van der Waals surface area (Å²) in [6.45, 7) is 3.85. The number of nitrogens with one attached hydrogen (secondary N) is 2. The Morgan fingerprint density at radius 1 is 1.36 bits per heavy atom. The van der Waals surface area contributed by atoms with E-state index >= 15 is 0 Å². The van der Waals surface area contributed by atoms with Crippen molar-refractivity contribution in [1.82, 2.24) is 15.1 Å². The lowest BCUT2D eigenvalue weighted by atomic mass is 10.1. The Balaban J connectivity index is 1.78. The molecule has 0 bridgehead atoms. The van der Waals surface area contributed by atoms with Gasteiger partial charge in [-0.2, -0.15) is 5.10 Å². The molecule has 0 aliphatic rings. The number of benzene rings is 1. The average molecular weight is 302 g/mol. The first-order chi connectivity index (χ1) is 10.4. The molecule has 0 fully saturated rings. The molecule has 0 aliphatic heterocycles. The minimum atomic E-state index is -0.235. The lowest BCUT2D eigenvalue weighted by Crippen LogP contribution is -2.36. The second-order valence-electron chi connectivity index (χ2n) is 5.50. The van der Waals surface area contributed by atoms with E-state index in [4.69, 9.17) is 0 Å². The van der Waals surface area contributed by atoms with Crippen molar-refractivity contribution in [3.8, 4) is 5.75 Å². The third-order valence-electron chi connectivity index (χ3n) is 3.42. The number of phenols is 1. The van der Waals surface area contributed by atoms with E-state index in [1.165, 1.54) is 0 Å². The largest absolute Gasteiger partial charge is 0.508 e. The molecule has 0 spiro atoms. The summed E-state index contributed by atoms with van der Waals surface area (Å²) in [5.74, 6) is 0.932. The highest BCUT2D eigenvalue weighted by molar-refractivity contribution is 5.88. The normalized spacial score (nSPS) is 12.0. The van der Waals surface area contributed by atoms with E-state index in [1.807, 2.05) is 32.0 Å². The lowest BCUT2D eigenvalue weighted by Gasteiger charge is -2.14. The molecule has 2 amide bonds. The summed E-state index contributed by atoms with van der Waals surface area (Å²) >= 11 is 0. The summed E-state index contributed by atoms with van der Waals surface area (Å²) in [5.41, 5.74) is 1.99. The van der Waals surface area contributed by atoms with Crippen LogP contribution in [0.5, 0.6) is 5.75 Å². The van der Waals surface area contributed by atoms with E-state index in [-0.39, 0.29) is 17.8 Å². The highest BCUT2D eigenvalue weighted by Gasteiger charge is 2.10. The second kappa shape index (κ2) is 6.98. The number of aromatic nitrogens is 2. The first-order valence-corrected chi connectivity index (χ1v) is 7.30. The highest BCUT2D eigenvalue weighted by atomic mass is 16.3.